The Morgan fingerprint density at radius 1 is 1.08 bits per heavy atom. The standard InChI is InChI=1S/C16H15N5O3/c1-23-11-5-3-4-10(8-11)18-20-15-14(19-21-16(15)22)12-9-17-7-6-13(12)24-2/h3-9H,1-2H3,(H2,19,21,22). The van der Waals surface area contributed by atoms with Gasteiger partial charge in [-0.3, -0.25) is 20.0 Å². The summed E-state index contributed by atoms with van der Waals surface area (Å²) >= 11 is 0. The lowest BCUT2D eigenvalue weighted by molar-refractivity contribution is 0.415. The van der Waals surface area contributed by atoms with Crippen LogP contribution in [0, 0.1) is 0 Å². The van der Waals surface area contributed by atoms with Crippen LogP contribution in [-0.4, -0.2) is 29.4 Å². The van der Waals surface area contributed by atoms with Crippen molar-refractivity contribution < 1.29 is 9.47 Å². The largest absolute Gasteiger partial charge is 0.497 e. The van der Waals surface area contributed by atoms with Gasteiger partial charge in [0.1, 0.15) is 11.5 Å². The Labute approximate surface area is 137 Å². The van der Waals surface area contributed by atoms with Crippen molar-refractivity contribution >= 4 is 11.4 Å². The van der Waals surface area contributed by atoms with E-state index in [0.717, 1.165) is 0 Å². The van der Waals surface area contributed by atoms with Gasteiger partial charge in [0, 0.05) is 18.5 Å². The molecule has 122 valence electrons. The van der Waals surface area contributed by atoms with E-state index in [0.29, 0.717) is 28.4 Å². The second kappa shape index (κ2) is 6.78. The molecule has 1 aromatic carbocycles. The van der Waals surface area contributed by atoms with Crippen LogP contribution < -0.4 is 15.0 Å². The van der Waals surface area contributed by atoms with Gasteiger partial charge in [0.05, 0.1) is 31.2 Å². The molecule has 0 aliphatic carbocycles. The first-order chi connectivity index (χ1) is 11.7. The van der Waals surface area contributed by atoms with Gasteiger partial charge in [-0.25, -0.2) is 0 Å². The van der Waals surface area contributed by atoms with Crippen LogP contribution in [0.25, 0.3) is 11.3 Å². The Balaban J connectivity index is 2.02. The van der Waals surface area contributed by atoms with Gasteiger partial charge < -0.3 is 9.47 Å². The summed E-state index contributed by atoms with van der Waals surface area (Å²) in [6.07, 6.45) is 3.19. The number of hydrogen-bond donors (Lipinski definition) is 2. The molecule has 0 saturated heterocycles. The van der Waals surface area contributed by atoms with E-state index in [2.05, 4.69) is 25.4 Å². The summed E-state index contributed by atoms with van der Waals surface area (Å²) in [7, 11) is 3.11. The minimum atomic E-state index is -0.387. The Kier molecular flexibility index (Phi) is 4.37. The highest BCUT2D eigenvalue weighted by Crippen LogP contribution is 2.32. The first kappa shape index (κ1) is 15.5. The summed E-state index contributed by atoms with van der Waals surface area (Å²) in [4.78, 5) is 16.1. The molecule has 0 amide bonds. The molecule has 0 bridgehead atoms. The molecule has 24 heavy (non-hydrogen) atoms. The number of rotatable bonds is 5. The third-order valence-electron chi connectivity index (χ3n) is 3.34. The molecule has 0 fully saturated rings. The molecule has 2 heterocycles. The molecule has 3 aromatic rings. The zero-order valence-corrected chi connectivity index (χ0v) is 13.1. The summed E-state index contributed by atoms with van der Waals surface area (Å²) in [5.74, 6) is 1.22. The van der Waals surface area contributed by atoms with E-state index in [1.165, 1.54) is 0 Å². The van der Waals surface area contributed by atoms with Crippen molar-refractivity contribution in [3.05, 3.63) is 53.1 Å². The quantitative estimate of drug-likeness (QED) is 0.703. The van der Waals surface area contributed by atoms with Crippen LogP contribution in [-0.2, 0) is 0 Å². The van der Waals surface area contributed by atoms with Crippen molar-refractivity contribution in [1.29, 1.82) is 0 Å². The molecule has 0 unspecified atom stereocenters. The number of benzene rings is 1. The molecular formula is C16H15N5O3. The van der Waals surface area contributed by atoms with E-state index in [1.54, 1.807) is 56.9 Å². The lowest BCUT2D eigenvalue weighted by Crippen LogP contribution is -1.96. The normalized spacial score (nSPS) is 10.9. The molecule has 3 rings (SSSR count). The average molecular weight is 325 g/mol. The lowest BCUT2D eigenvalue weighted by atomic mass is 10.2. The molecule has 0 saturated carbocycles. The molecule has 8 nitrogen and oxygen atoms in total. The highest BCUT2D eigenvalue weighted by molar-refractivity contribution is 5.75. The van der Waals surface area contributed by atoms with E-state index >= 15 is 0 Å². The fraction of sp³-hybridized carbons (Fsp3) is 0.125. The molecule has 0 aliphatic heterocycles. The Bertz CT molecular complexity index is 929. The van der Waals surface area contributed by atoms with Gasteiger partial charge in [-0.15, -0.1) is 5.11 Å². The molecule has 8 heteroatoms. The topological polar surface area (TPSA) is 105 Å². The number of azo groups is 1. The minimum absolute atomic E-state index is 0.143. The van der Waals surface area contributed by atoms with Gasteiger partial charge in [0.2, 0.25) is 0 Å². The number of methoxy groups -OCH3 is 2. The van der Waals surface area contributed by atoms with Crippen LogP contribution >= 0.6 is 0 Å². The van der Waals surface area contributed by atoms with Crippen LogP contribution in [0.15, 0.2) is 57.7 Å². The van der Waals surface area contributed by atoms with Crippen LogP contribution in [0.2, 0.25) is 0 Å². The Hall–Kier alpha value is -3.42. The monoisotopic (exact) mass is 325 g/mol. The molecule has 2 aromatic heterocycles. The fourth-order valence-electron chi connectivity index (χ4n) is 2.17. The molecule has 0 aliphatic rings. The highest BCUT2D eigenvalue weighted by atomic mass is 16.5. The van der Waals surface area contributed by atoms with Gasteiger partial charge in [0.15, 0.2) is 5.69 Å². The molecule has 0 spiro atoms. The van der Waals surface area contributed by atoms with Crippen LogP contribution in [0.5, 0.6) is 11.5 Å². The number of pyridine rings is 1. The first-order valence-electron chi connectivity index (χ1n) is 7.07. The first-order valence-corrected chi connectivity index (χ1v) is 7.07. The summed E-state index contributed by atoms with van der Waals surface area (Å²) in [5, 5.41) is 13.5. The third kappa shape index (κ3) is 3.02. The number of ether oxygens (including phenoxy) is 2. The predicted molar refractivity (Wildman–Crippen MR) is 88.4 cm³/mol. The lowest BCUT2D eigenvalue weighted by Gasteiger charge is -2.05. The highest BCUT2D eigenvalue weighted by Gasteiger charge is 2.15. The zero-order valence-electron chi connectivity index (χ0n) is 13.1. The van der Waals surface area contributed by atoms with Crippen molar-refractivity contribution in [2.24, 2.45) is 10.2 Å². The molecular weight excluding hydrogens is 310 g/mol. The minimum Gasteiger partial charge on any atom is -0.497 e. The Morgan fingerprint density at radius 3 is 2.75 bits per heavy atom. The van der Waals surface area contributed by atoms with Crippen LogP contribution in [0.4, 0.5) is 11.4 Å². The second-order valence-electron chi connectivity index (χ2n) is 4.78. The second-order valence-corrected chi connectivity index (χ2v) is 4.78. The van der Waals surface area contributed by atoms with E-state index in [4.69, 9.17) is 9.47 Å². The number of nitrogens with one attached hydrogen (secondary N) is 2. The van der Waals surface area contributed by atoms with Crippen molar-refractivity contribution in [1.82, 2.24) is 15.2 Å². The summed E-state index contributed by atoms with van der Waals surface area (Å²) < 4.78 is 10.4. The fourth-order valence-corrected chi connectivity index (χ4v) is 2.17. The van der Waals surface area contributed by atoms with Crippen molar-refractivity contribution in [2.75, 3.05) is 14.2 Å². The number of hydrogen-bond acceptors (Lipinski definition) is 6. The number of H-pyrrole nitrogens is 2. The third-order valence-corrected chi connectivity index (χ3v) is 3.34. The van der Waals surface area contributed by atoms with Crippen LogP contribution in [0.1, 0.15) is 0 Å². The predicted octanol–water partition coefficient (Wildman–Crippen LogP) is 3.20. The summed E-state index contributed by atoms with van der Waals surface area (Å²) in [6, 6.07) is 8.77. The van der Waals surface area contributed by atoms with Crippen molar-refractivity contribution in [3.63, 3.8) is 0 Å². The van der Waals surface area contributed by atoms with Gasteiger partial charge >= 0.3 is 0 Å². The molecule has 2 N–H and O–H groups in total. The zero-order chi connectivity index (χ0) is 16.9. The molecule has 0 atom stereocenters. The number of nitrogens with zero attached hydrogens (tertiary/aromatic N) is 3. The Morgan fingerprint density at radius 2 is 1.96 bits per heavy atom. The van der Waals surface area contributed by atoms with Crippen LogP contribution in [0.3, 0.4) is 0 Å². The van der Waals surface area contributed by atoms with E-state index in [1.807, 2.05) is 0 Å². The van der Waals surface area contributed by atoms with Gasteiger partial charge in [-0.05, 0) is 18.2 Å². The maximum absolute atomic E-state index is 12.0. The van der Waals surface area contributed by atoms with E-state index in [-0.39, 0.29) is 11.2 Å². The van der Waals surface area contributed by atoms with E-state index in [9.17, 15) is 4.79 Å². The van der Waals surface area contributed by atoms with E-state index < -0.39 is 0 Å². The molecule has 0 radical (unpaired) electrons. The summed E-state index contributed by atoms with van der Waals surface area (Å²) in [5.41, 5.74) is 1.39. The van der Waals surface area contributed by atoms with Crippen molar-refractivity contribution in [3.8, 4) is 22.8 Å². The maximum Gasteiger partial charge on any atom is 0.292 e. The maximum atomic E-state index is 12.0. The van der Waals surface area contributed by atoms with Gasteiger partial charge in [-0.2, -0.15) is 5.11 Å². The number of aromatic nitrogens is 3. The van der Waals surface area contributed by atoms with Gasteiger partial charge in [0.25, 0.3) is 5.56 Å². The average Bonchev–Trinajstić information content (AvgIpc) is 3.00. The number of aromatic amines is 2. The van der Waals surface area contributed by atoms with Gasteiger partial charge in [-0.1, -0.05) is 6.07 Å². The van der Waals surface area contributed by atoms with Crippen molar-refractivity contribution in [2.45, 2.75) is 0 Å². The smallest absolute Gasteiger partial charge is 0.292 e. The SMILES string of the molecule is COc1cccc(N=Nc2c(-c3cnccc3OC)[nH][nH]c2=O)c1. The summed E-state index contributed by atoms with van der Waals surface area (Å²) in [6.45, 7) is 0.